The van der Waals surface area contributed by atoms with Crippen molar-refractivity contribution in [2.24, 2.45) is 0 Å². The molecule has 6 nitrogen and oxygen atoms in total. The molecule has 0 unspecified atom stereocenters. The minimum atomic E-state index is -0.985. The van der Waals surface area contributed by atoms with Crippen molar-refractivity contribution in [3.63, 3.8) is 0 Å². The van der Waals surface area contributed by atoms with Crippen molar-refractivity contribution < 1.29 is 14.0 Å². The number of halogens is 2. The van der Waals surface area contributed by atoms with E-state index in [1.54, 1.807) is 11.0 Å². The summed E-state index contributed by atoms with van der Waals surface area (Å²) in [6.45, 7) is 0.274. The van der Waals surface area contributed by atoms with Crippen LogP contribution in [0.2, 0.25) is 5.02 Å². The number of nitriles is 1. The van der Waals surface area contributed by atoms with E-state index in [0.29, 0.717) is 29.7 Å². The molecule has 0 radical (unpaired) electrons. The van der Waals surface area contributed by atoms with Gasteiger partial charge in [0.15, 0.2) is 5.11 Å². The summed E-state index contributed by atoms with van der Waals surface area (Å²) in [5, 5.41) is 12.1. The summed E-state index contributed by atoms with van der Waals surface area (Å²) in [4.78, 5) is 28.5. The Morgan fingerprint density at radius 2 is 2.00 bits per heavy atom. The average molecular weight is 441 g/mol. The third-order valence-electron chi connectivity index (χ3n) is 6.02. The fraction of sp³-hybridized carbons (Fsp3) is 0.238. The zero-order valence-corrected chi connectivity index (χ0v) is 17.1. The molecule has 1 saturated heterocycles. The normalized spacial score (nSPS) is 19.0. The highest BCUT2D eigenvalue weighted by atomic mass is 35.5. The molecule has 3 aliphatic rings. The number of thiocarbonyl (C=S) groups is 1. The molecule has 0 bridgehead atoms. The Kier molecular flexibility index (Phi) is 4.10. The van der Waals surface area contributed by atoms with Crippen LogP contribution in [-0.4, -0.2) is 22.5 Å². The first-order valence-electron chi connectivity index (χ1n) is 9.36. The van der Waals surface area contributed by atoms with Crippen LogP contribution in [0.4, 0.5) is 15.8 Å². The molecule has 30 heavy (non-hydrogen) atoms. The van der Waals surface area contributed by atoms with E-state index in [-0.39, 0.29) is 39.7 Å². The first kappa shape index (κ1) is 19.0. The number of fused-ring (bicyclic) bond motifs is 1. The number of hydrogen-bond acceptors (Lipinski definition) is 4. The highest BCUT2D eigenvalue weighted by Crippen LogP contribution is 2.49. The number of nitrogens with one attached hydrogen (secondary N) is 1. The van der Waals surface area contributed by atoms with Crippen molar-refractivity contribution in [1.82, 2.24) is 5.32 Å². The Morgan fingerprint density at radius 1 is 1.23 bits per heavy atom. The zero-order valence-electron chi connectivity index (χ0n) is 15.5. The van der Waals surface area contributed by atoms with Crippen molar-refractivity contribution >= 4 is 52.1 Å². The maximum absolute atomic E-state index is 15.1. The monoisotopic (exact) mass is 440 g/mol. The van der Waals surface area contributed by atoms with E-state index in [4.69, 9.17) is 29.1 Å². The molecule has 2 aliphatic heterocycles. The Balaban J connectivity index is 1.64. The lowest BCUT2D eigenvalue weighted by molar-refractivity contribution is -0.123. The predicted molar refractivity (Wildman–Crippen MR) is 113 cm³/mol. The molecule has 2 amide bonds. The predicted octanol–water partition coefficient (Wildman–Crippen LogP) is 3.65. The molecule has 1 aliphatic carbocycles. The molecule has 1 spiro atoms. The van der Waals surface area contributed by atoms with Crippen LogP contribution < -0.4 is 15.1 Å². The summed E-state index contributed by atoms with van der Waals surface area (Å²) in [5.74, 6) is -1.07. The van der Waals surface area contributed by atoms with E-state index in [0.717, 1.165) is 6.42 Å². The molecule has 150 valence electrons. The summed E-state index contributed by atoms with van der Waals surface area (Å²) in [7, 11) is 0. The van der Waals surface area contributed by atoms with E-state index in [1.807, 2.05) is 6.07 Å². The minimum absolute atomic E-state index is 0.117. The number of benzene rings is 2. The number of carbonyl (C=O) groups excluding carboxylic acids is 2. The summed E-state index contributed by atoms with van der Waals surface area (Å²) < 4.78 is 15.1. The SMILES string of the molecule is N#Cc1ccc(N2C(=O)C3(CCC3)N(c3cc4c(cc3F)CNC4=O)C2=S)cc1Cl. The lowest BCUT2D eigenvalue weighted by Crippen LogP contribution is -2.55. The van der Waals surface area contributed by atoms with Crippen molar-refractivity contribution in [3.05, 3.63) is 57.9 Å². The third kappa shape index (κ3) is 2.42. The standard InChI is InChI=1S/C21H14ClFN4O2S/c22-15-7-13(3-2-11(15)9-24)26-19(29)21(4-1-5-21)27(20(26)30)17-8-14-12(6-16(17)23)10-25-18(14)28/h2-3,6-8H,1,4-5,10H2,(H,25,28). The van der Waals surface area contributed by atoms with E-state index < -0.39 is 11.4 Å². The van der Waals surface area contributed by atoms with Crippen LogP contribution in [-0.2, 0) is 11.3 Å². The van der Waals surface area contributed by atoms with E-state index in [9.17, 15) is 9.59 Å². The third-order valence-corrected chi connectivity index (χ3v) is 6.70. The second-order valence-corrected chi connectivity index (χ2v) is 8.34. The van der Waals surface area contributed by atoms with Crippen molar-refractivity contribution in [2.45, 2.75) is 31.3 Å². The molecule has 2 aromatic carbocycles. The zero-order chi connectivity index (χ0) is 21.2. The van der Waals surface area contributed by atoms with Gasteiger partial charge in [0, 0.05) is 12.1 Å². The molecule has 9 heteroatoms. The Hall–Kier alpha value is -3.02. The Labute approximate surface area is 181 Å². The van der Waals surface area contributed by atoms with Gasteiger partial charge in [-0.3, -0.25) is 14.5 Å². The lowest BCUT2D eigenvalue weighted by Gasteiger charge is -2.43. The van der Waals surface area contributed by atoms with Gasteiger partial charge in [-0.2, -0.15) is 5.26 Å². The van der Waals surface area contributed by atoms with Crippen LogP contribution in [0.3, 0.4) is 0 Å². The summed E-state index contributed by atoms with van der Waals surface area (Å²) >= 11 is 11.8. The Bertz CT molecular complexity index is 1200. The van der Waals surface area contributed by atoms with Gasteiger partial charge < -0.3 is 10.2 Å². The van der Waals surface area contributed by atoms with Crippen molar-refractivity contribution in [2.75, 3.05) is 9.80 Å². The molecule has 2 heterocycles. The van der Waals surface area contributed by atoms with Crippen LogP contribution >= 0.6 is 23.8 Å². The van der Waals surface area contributed by atoms with Gasteiger partial charge in [-0.05, 0) is 67.4 Å². The number of hydrogen-bond donors (Lipinski definition) is 1. The number of amides is 2. The summed E-state index contributed by atoms with van der Waals surface area (Å²) in [6.07, 6.45) is 1.85. The van der Waals surface area contributed by atoms with Crippen LogP contribution in [0.25, 0.3) is 0 Å². The fourth-order valence-corrected chi connectivity index (χ4v) is 5.00. The molecule has 2 aromatic rings. The van der Waals surface area contributed by atoms with Gasteiger partial charge in [-0.15, -0.1) is 0 Å². The van der Waals surface area contributed by atoms with Crippen molar-refractivity contribution in [3.8, 4) is 6.07 Å². The van der Waals surface area contributed by atoms with Crippen LogP contribution in [0.1, 0.15) is 40.7 Å². The topological polar surface area (TPSA) is 76.4 Å². The number of anilines is 2. The van der Waals surface area contributed by atoms with Gasteiger partial charge in [-0.1, -0.05) is 11.6 Å². The summed E-state index contributed by atoms with van der Waals surface area (Å²) in [5.41, 5.74) is 0.797. The maximum atomic E-state index is 15.1. The minimum Gasteiger partial charge on any atom is -0.348 e. The van der Waals surface area contributed by atoms with E-state index >= 15 is 4.39 Å². The highest BCUT2D eigenvalue weighted by molar-refractivity contribution is 7.81. The summed E-state index contributed by atoms with van der Waals surface area (Å²) in [6, 6.07) is 9.39. The number of rotatable bonds is 2. The average Bonchev–Trinajstić information content (AvgIpc) is 3.15. The molecular weight excluding hydrogens is 427 g/mol. The second kappa shape index (κ2) is 6.49. The van der Waals surface area contributed by atoms with Crippen LogP contribution in [0.15, 0.2) is 30.3 Å². The molecular formula is C21H14ClFN4O2S. The first-order chi connectivity index (χ1) is 14.4. The van der Waals surface area contributed by atoms with Crippen LogP contribution in [0.5, 0.6) is 0 Å². The van der Waals surface area contributed by atoms with Gasteiger partial charge >= 0.3 is 0 Å². The van der Waals surface area contributed by atoms with Gasteiger partial charge in [0.1, 0.15) is 17.4 Å². The number of nitrogens with zero attached hydrogens (tertiary/aromatic N) is 3. The van der Waals surface area contributed by atoms with Crippen molar-refractivity contribution in [1.29, 1.82) is 5.26 Å². The number of carbonyl (C=O) groups is 2. The first-order valence-corrected chi connectivity index (χ1v) is 10.1. The lowest BCUT2D eigenvalue weighted by atomic mass is 9.75. The van der Waals surface area contributed by atoms with E-state index in [2.05, 4.69) is 5.32 Å². The molecule has 2 fully saturated rings. The smallest absolute Gasteiger partial charge is 0.259 e. The van der Waals surface area contributed by atoms with E-state index in [1.165, 1.54) is 29.2 Å². The largest absolute Gasteiger partial charge is 0.348 e. The molecule has 0 atom stereocenters. The second-order valence-electron chi connectivity index (χ2n) is 7.56. The van der Waals surface area contributed by atoms with Crippen LogP contribution in [0, 0.1) is 17.1 Å². The Morgan fingerprint density at radius 3 is 2.63 bits per heavy atom. The quantitative estimate of drug-likeness (QED) is 0.721. The van der Waals surface area contributed by atoms with Gasteiger partial charge in [0.05, 0.1) is 22.0 Å². The fourth-order valence-electron chi connectivity index (χ4n) is 4.32. The molecule has 1 saturated carbocycles. The molecule has 5 rings (SSSR count). The maximum Gasteiger partial charge on any atom is 0.259 e. The van der Waals surface area contributed by atoms with Gasteiger partial charge in [-0.25, -0.2) is 4.39 Å². The highest BCUT2D eigenvalue weighted by Gasteiger charge is 2.60. The molecule has 1 N–H and O–H groups in total. The van der Waals surface area contributed by atoms with Gasteiger partial charge in [0.2, 0.25) is 0 Å². The van der Waals surface area contributed by atoms with Gasteiger partial charge in [0.25, 0.3) is 11.8 Å². The molecule has 0 aromatic heterocycles.